The Labute approximate surface area is 43.4 Å². The van der Waals surface area contributed by atoms with Gasteiger partial charge in [-0.15, -0.1) is 0 Å². The minimum atomic E-state index is 0.528. The van der Waals surface area contributed by atoms with Crippen LogP contribution in [0, 0.1) is 0 Å². The summed E-state index contributed by atoms with van der Waals surface area (Å²) in [5.41, 5.74) is 0. The Morgan fingerprint density at radius 1 is 1.86 bits per heavy atom. The van der Waals surface area contributed by atoms with Gasteiger partial charge >= 0.3 is 0 Å². The number of rotatable bonds is 3. The number of epoxide rings is 1. The predicted octanol–water partition coefficient (Wildman–Crippen LogP) is 0.422. The maximum absolute atomic E-state index is 4.93. The lowest BCUT2D eigenvalue weighted by atomic mass is 10.4. The van der Waals surface area contributed by atoms with E-state index < -0.39 is 0 Å². The van der Waals surface area contributed by atoms with Crippen LogP contribution in [-0.4, -0.2) is 26.4 Å². The summed E-state index contributed by atoms with van der Waals surface area (Å²) in [6.45, 7) is 1.79. The third-order valence-corrected chi connectivity index (χ3v) is 1.05. The molecule has 7 heavy (non-hydrogen) atoms. The molecule has 0 aromatic carbocycles. The van der Waals surface area contributed by atoms with Crippen LogP contribution >= 0.6 is 0 Å². The highest BCUT2D eigenvalue weighted by Gasteiger charge is 2.20. The SMILES string of the molecule is COCC[C@H]1CO1. The molecule has 0 aromatic heterocycles. The summed E-state index contributed by atoms with van der Waals surface area (Å²) in [4.78, 5) is 0. The van der Waals surface area contributed by atoms with Crippen LogP contribution in [0.15, 0.2) is 0 Å². The van der Waals surface area contributed by atoms with Crippen molar-refractivity contribution >= 4 is 0 Å². The van der Waals surface area contributed by atoms with Crippen LogP contribution in [0.25, 0.3) is 0 Å². The van der Waals surface area contributed by atoms with E-state index in [0.29, 0.717) is 6.10 Å². The van der Waals surface area contributed by atoms with Crippen molar-refractivity contribution in [2.45, 2.75) is 12.5 Å². The van der Waals surface area contributed by atoms with Crippen molar-refractivity contribution in [3.63, 3.8) is 0 Å². The molecule has 0 spiro atoms. The van der Waals surface area contributed by atoms with Crippen LogP contribution in [0.4, 0.5) is 0 Å². The lowest BCUT2D eigenvalue weighted by Gasteiger charge is -1.89. The van der Waals surface area contributed by atoms with Gasteiger partial charge in [0, 0.05) is 13.7 Å². The van der Waals surface area contributed by atoms with Gasteiger partial charge in [0.25, 0.3) is 0 Å². The number of ether oxygens (including phenoxy) is 2. The quantitative estimate of drug-likeness (QED) is 0.482. The summed E-state index contributed by atoms with van der Waals surface area (Å²) >= 11 is 0. The van der Waals surface area contributed by atoms with E-state index in [1.54, 1.807) is 7.11 Å². The molecule has 1 fully saturated rings. The molecule has 1 heterocycles. The minimum absolute atomic E-state index is 0.528. The molecule has 0 radical (unpaired) electrons. The molecular weight excluding hydrogens is 92.1 g/mol. The van der Waals surface area contributed by atoms with Gasteiger partial charge in [-0.05, 0) is 6.42 Å². The van der Waals surface area contributed by atoms with Crippen LogP contribution < -0.4 is 0 Å². The molecule has 1 saturated heterocycles. The molecule has 1 aliphatic rings. The van der Waals surface area contributed by atoms with Crippen molar-refractivity contribution in [1.82, 2.24) is 0 Å². The van der Waals surface area contributed by atoms with E-state index in [1.165, 1.54) is 0 Å². The van der Waals surface area contributed by atoms with E-state index >= 15 is 0 Å². The summed E-state index contributed by atoms with van der Waals surface area (Å²) in [6.07, 6.45) is 1.59. The molecule has 0 N–H and O–H groups in total. The molecule has 1 rings (SSSR count). The lowest BCUT2D eigenvalue weighted by Crippen LogP contribution is -1.92. The fourth-order valence-corrected chi connectivity index (χ4v) is 0.484. The zero-order valence-corrected chi connectivity index (χ0v) is 4.52. The second kappa shape index (κ2) is 2.28. The summed E-state index contributed by atoms with van der Waals surface area (Å²) in [5.74, 6) is 0. The summed E-state index contributed by atoms with van der Waals surface area (Å²) < 4.78 is 9.74. The van der Waals surface area contributed by atoms with Crippen LogP contribution in [0.1, 0.15) is 6.42 Å². The van der Waals surface area contributed by atoms with Gasteiger partial charge in [-0.2, -0.15) is 0 Å². The van der Waals surface area contributed by atoms with Gasteiger partial charge in [0.1, 0.15) is 0 Å². The van der Waals surface area contributed by atoms with E-state index in [4.69, 9.17) is 9.47 Å². The van der Waals surface area contributed by atoms with Crippen LogP contribution in [-0.2, 0) is 9.47 Å². The number of hydrogen-bond donors (Lipinski definition) is 0. The monoisotopic (exact) mass is 102 g/mol. The Bertz CT molecular complexity index is 50.0. The van der Waals surface area contributed by atoms with Crippen molar-refractivity contribution < 1.29 is 9.47 Å². The topological polar surface area (TPSA) is 21.8 Å². The molecule has 0 unspecified atom stereocenters. The van der Waals surface area contributed by atoms with Crippen molar-refractivity contribution in [2.75, 3.05) is 20.3 Å². The van der Waals surface area contributed by atoms with E-state index in [9.17, 15) is 0 Å². The third kappa shape index (κ3) is 1.90. The van der Waals surface area contributed by atoms with E-state index in [1.807, 2.05) is 0 Å². The number of hydrogen-bond acceptors (Lipinski definition) is 2. The normalized spacial score (nSPS) is 27.9. The smallest absolute Gasteiger partial charge is 0.0831 e. The van der Waals surface area contributed by atoms with Crippen LogP contribution in [0.5, 0.6) is 0 Å². The van der Waals surface area contributed by atoms with Crippen molar-refractivity contribution in [2.24, 2.45) is 0 Å². The Hall–Kier alpha value is -0.0800. The zero-order chi connectivity index (χ0) is 5.11. The first-order valence-corrected chi connectivity index (χ1v) is 2.54. The fraction of sp³-hybridized carbons (Fsp3) is 1.00. The van der Waals surface area contributed by atoms with Gasteiger partial charge in [-0.25, -0.2) is 0 Å². The second-order valence-corrected chi connectivity index (χ2v) is 1.74. The third-order valence-electron chi connectivity index (χ3n) is 1.05. The second-order valence-electron chi connectivity index (χ2n) is 1.74. The minimum Gasteiger partial charge on any atom is -0.385 e. The molecule has 42 valence electrons. The Morgan fingerprint density at radius 3 is 3.00 bits per heavy atom. The molecule has 1 aliphatic heterocycles. The van der Waals surface area contributed by atoms with Crippen molar-refractivity contribution in [1.29, 1.82) is 0 Å². The van der Waals surface area contributed by atoms with Gasteiger partial charge < -0.3 is 9.47 Å². The summed E-state index contributed by atoms with van der Waals surface area (Å²) in [5, 5.41) is 0. The predicted molar refractivity (Wildman–Crippen MR) is 26.2 cm³/mol. The first-order chi connectivity index (χ1) is 3.43. The first kappa shape index (κ1) is 5.06. The van der Waals surface area contributed by atoms with Gasteiger partial charge in [-0.1, -0.05) is 0 Å². The molecular formula is C5H10O2. The lowest BCUT2D eigenvalue weighted by molar-refractivity contribution is 0.184. The van der Waals surface area contributed by atoms with Gasteiger partial charge in [0.15, 0.2) is 0 Å². The van der Waals surface area contributed by atoms with E-state index in [-0.39, 0.29) is 0 Å². The van der Waals surface area contributed by atoms with Crippen LogP contribution in [0.2, 0.25) is 0 Å². The molecule has 0 saturated carbocycles. The molecule has 2 nitrogen and oxygen atoms in total. The first-order valence-electron chi connectivity index (χ1n) is 2.54. The van der Waals surface area contributed by atoms with Crippen molar-refractivity contribution in [3.8, 4) is 0 Å². The standard InChI is InChI=1S/C5H10O2/c1-6-3-2-5-4-7-5/h5H,2-4H2,1H3/t5-/m0/s1. The Balaban J connectivity index is 1.80. The molecule has 2 heteroatoms. The van der Waals surface area contributed by atoms with Crippen LogP contribution in [0.3, 0.4) is 0 Å². The van der Waals surface area contributed by atoms with Gasteiger partial charge in [-0.3, -0.25) is 0 Å². The zero-order valence-electron chi connectivity index (χ0n) is 4.52. The molecule has 1 atom stereocenters. The van der Waals surface area contributed by atoms with Gasteiger partial charge in [0.2, 0.25) is 0 Å². The number of methoxy groups -OCH3 is 1. The Morgan fingerprint density at radius 2 is 2.57 bits per heavy atom. The Kier molecular flexibility index (Phi) is 1.65. The maximum Gasteiger partial charge on any atom is 0.0831 e. The largest absolute Gasteiger partial charge is 0.385 e. The summed E-state index contributed by atoms with van der Waals surface area (Å²) in [6, 6.07) is 0. The maximum atomic E-state index is 4.93. The average Bonchev–Trinajstić information content (AvgIpc) is 2.42. The molecule has 0 amide bonds. The van der Waals surface area contributed by atoms with Gasteiger partial charge in [0.05, 0.1) is 12.7 Å². The van der Waals surface area contributed by atoms with E-state index in [2.05, 4.69) is 0 Å². The summed E-state index contributed by atoms with van der Waals surface area (Å²) in [7, 11) is 1.71. The molecule has 0 bridgehead atoms. The molecule has 0 aliphatic carbocycles. The highest BCUT2D eigenvalue weighted by atomic mass is 16.6. The molecule has 0 aromatic rings. The van der Waals surface area contributed by atoms with E-state index in [0.717, 1.165) is 19.6 Å². The van der Waals surface area contributed by atoms with Crippen molar-refractivity contribution in [3.05, 3.63) is 0 Å². The average molecular weight is 102 g/mol. The fourth-order valence-electron chi connectivity index (χ4n) is 0.484. The highest BCUT2D eigenvalue weighted by molar-refractivity contribution is 4.67. The highest BCUT2D eigenvalue weighted by Crippen LogP contribution is 2.12.